The van der Waals surface area contributed by atoms with Gasteiger partial charge in [-0.25, -0.2) is 13.1 Å². The van der Waals surface area contributed by atoms with Crippen molar-refractivity contribution in [1.29, 1.82) is 0 Å². The van der Waals surface area contributed by atoms with Gasteiger partial charge in [0.25, 0.3) is 0 Å². The molecule has 0 aromatic heterocycles. The molecule has 0 aliphatic carbocycles. The molecule has 32 heavy (non-hydrogen) atoms. The van der Waals surface area contributed by atoms with Crippen molar-refractivity contribution in [2.24, 2.45) is 4.99 Å². The summed E-state index contributed by atoms with van der Waals surface area (Å²) in [6.45, 7) is 4.86. The Labute approximate surface area is 209 Å². The normalized spacial score (nSPS) is 15.2. The average molecular weight is 572 g/mol. The molecule has 176 valence electrons. The summed E-state index contributed by atoms with van der Waals surface area (Å²) in [5, 5.41) is 6.45. The van der Waals surface area contributed by atoms with Crippen molar-refractivity contribution >= 4 is 45.6 Å². The maximum absolute atomic E-state index is 12.3. The van der Waals surface area contributed by atoms with E-state index in [1.807, 2.05) is 30.3 Å². The van der Waals surface area contributed by atoms with Gasteiger partial charge in [-0.15, -0.1) is 24.0 Å². The summed E-state index contributed by atoms with van der Waals surface area (Å²) in [4.78, 5) is 6.65. The highest BCUT2D eigenvalue weighted by Crippen LogP contribution is 2.23. The fourth-order valence-corrected chi connectivity index (χ4v) is 4.52. The summed E-state index contributed by atoms with van der Waals surface area (Å²) >= 11 is 0. The second-order valence-electron chi connectivity index (χ2n) is 7.78. The van der Waals surface area contributed by atoms with Crippen LogP contribution in [0.15, 0.2) is 59.6 Å². The van der Waals surface area contributed by atoms with Crippen molar-refractivity contribution in [3.63, 3.8) is 0 Å². The topological polar surface area (TPSA) is 85.8 Å². The molecule has 3 N–H and O–H groups in total. The molecule has 1 aliphatic heterocycles. The summed E-state index contributed by atoms with van der Waals surface area (Å²) in [6.07, 6.45) is 2.50. The number of hydrogen-bond acceptors (Lipinski definition) is 4. The number of guanidine groups is 1. The Morgan fingerprint density at radius 3 is 2.50 bits per heavy atom. The first-order valence-corrected chi connectivity index (χ1v) is 12.5. The first-order chi connectivity index (χ1) is 15.0. The fraction of sp³-hybridized carbons (Fsp3) is 0.435. The lowest BCUT2D eigenvalue weighted by molar-refractivity contribution is 0.579. The van der Waals surface area contributed by atoms with Crippen LogP contribution in [0, 0.1) is 0 Å². The highest BCUT2D eigenvalue weighted by Gasteiger charge is 2.15. The van der Waals surface area contributed by atoms with Gasteiger partial charge >= 0.3 is 0 Å². The summed E-state index contributed by atoms with van der Waals surface area (Å²) in [7, 11) is -1.69. The van der Waals surface area contributed by atoms with E-state index in [2.05, 4.69) is 56.4 Å². The van der Waals surface area contributed by atoms with Gasteiger partial charge in [-0.05, 0) is 43.0 Å². The maximum atomic E-state index is 12.3. The van der Waals surface area contributed by atoms with Crippen LogP contribution in [0.2, 0.25) is 0 Å². The van der Waals surface area contributed by atoms with Crippen LogP contribution in [0.25, 0.3) is 0 Å². The predicted octanol–water partition coefficient (Wildman–Crippen LogP) is 3.25. The monoisotopic (exact) mass is 571 g/mol. The van der Waals surface area contributed by atoms with Crippen molar-refractivity contribution in [2.75, 3.05) is 37.3 Å². The second-order valence-corrected chi connectivity index (χ2v) is 9.71. The zero-order valence-electron chi connectivity index (χ0n) is 18.8. The third kappa shape index (κ3) is 8.25. The molecule has 9 heteroatoms. The molecule has 7 nitrogen and oxygen atoms in total. The number of nitrogens with one attached hydrogen (secondary N) is 3. The van der Waals surface area contributed by atoms with E-state index in [1.54, 1.807) is 7.05 Å². The minimum absolute atomic E-state index is 0. The number of rotatable bonds is 9. The first-order valence-electron chi connectivity index (χ1n) is 10.8. The van der Waals surface area contributed by atoms with E-state index in [0.717, 1.165) is 18.7 Å². The molecule has 1 unspecified atom stereocenters. The van der Waals surface area contributed by atoms with Gasteiger partial charge in [-0.2, -0.15) is 0 Å². The standard InChI is InChI=1S/C23H33N5O2S.HI/c1-19(21-11-8-12-22(17-21)28-14-6-7-15-28)27-23(24-2)25-13-16-31(29,30)26-18-20-9-4-3-5-10-20;/h3-5,8-12,17,19,26H,6-7,13-16,18H2,1-2H3,(H2,24,25,27);1H. The van der Waals surface area contributed by atoms with Crippen LogP contribution in [0.5, 0.6) is 0 Å². The molecule has 2 aromatic rings. The van der Waals surface area contributed by atoms with Crippen LogP contribution in [-0.4, -0.2) is 46.8 Å². The molecule has 2 aromatic carbocycles. The first kappa shape index (κ1) is 26.4. The van der Waals surface area contributed by atoms with Gasteiger partial charge in [0, 0.05) is 38.9 Å². The van der Waals surface area contributed by atoms with Gasteiger partial charge in [-0.1, -0.05) is 42.5 Å². The van der Waals surface area contributed by atoms with E-state index in [-0.39, 0.29) is 42.3 Å². The number of halogens is 1. The molecule has 0 radical (unpaired) electrons. The molecule has 1 heterocycles. The lowest BCUT2D eigenvalue weighted by atomic mass is 10.1. The van der Waals surface area contributed by atoms with Crippen molar-refractivity contribution in [3.05, 3.63) is 65.7 Å². The van der Waals surface area contributed by atoms with Gasteiger partial charge < -0.3 is 15.5 Å². The second kappa shape index (κ2) is 13.0. The van der Waals surface area contributed by atoms with E-state index in [0.29, 0.717) is 12.5 Å². The Hall–Kier alpha value is -1.85. The molecular weight excluding hydrogens is 537 g/mol. The minimum atomic E-state index is -3.38. The third-order valence-corrected chi connectivity index (χ3v) is 6.75. The summed E-state index contributed by atoms with van der Waals surface area (Å²) in [5.41, 5.74) is 3.35. The number of hydrogen-bond donors (Lipinski definition) is 3. The van der Waals surface area contributed by atoms with Gasteiger partial charge in [-0.3, -0.25) is 4.99 Å². The fourth-order valence-electron chi connectivity index (χ4n) is 3.61. The molecule has 1 atom stereocenters. The van der Waals surface area contributed by atoms with Gasteiger partial charge in [0.15, 0.2) is 5.96 Å². The largest absolute Gasteiger partial charge is 0.372 e. The van der Waals surface area contributed by atoms with E-state index in [9.17, 15) is 8.42 Å². The summed E-state index contributed by atoms with van der Waals surface area (Å²) in [5.74, 6) is 0.552. The minimum Gasteiger partial charge on any atom is -0.372 e. The molecule has 1 saturated heterocycles. The summed E-state index contributed by atoms with van der Waals surface area (Å²) in [6, 6.07) is 18.1. The van der Waals surface area contributed by atoms with Crippen LogP contribution >= 0.6 is 24.0 Å². The van der Waals surface area contributed by atoms with Crippen LogP contribution in [0.1, 0.15) is 36.9 Å². The zero-order chi connectivity index (χ0) is 22.1. The van der Waals surface area contributed by atoms with E-state index >= 15 is 0 Å². The molecule has 0 bridgehead atoms. The zero-order valence-corrected chi connectivity index (χ0v) is 21.9. The quantitative estimate of drug-likeness (QED) is 0.245. The molecular formula is C23H34IN5O2S. The van der Waals surface area contributed by atoms with Crippen molar-refractivity contribution in [2.45, 2.75) is 32.4 Å². The molecule has 1 fully saturated rings. The Balaban J connectivity index is 0.00000363. The highest BCUT2D eigenvalue weighted by molar-refractivity contribution is 14.0. The van der Waals surface area contributed by atoms with Crippen LogP contribution < -0.4 is 20.3 Å². The molecule has 1 aliphatic rings. The number of anilines is 1. The lowest BCUT2D eigenvalue weighted by Gasteiger charge is -2.22. The van der Waals surface area contributed by atoms with Crippen molar-refractivity contribution < 1.29 is 8.42 Å². The van der Waals surface area contributed by atoms with E-state index < -0.39 is 10.0 Å². The Morgan fingerprint density at radius 1 is 1.09 bits per heavy atom. The van der Waals surface area contributed by atoms with Crippen LogP contribution in [-0.2, 0) is 16.6 Å². The molecule has 0 amide bonds. The molecule has 0 saturated carbocycles. The van der Waals surface area contributed by atoms with Crippen LogP contribution in [0.3, 0.4) is 0 Å². The lowest BCUT2D eigenvalue weighted by Crippen LogP contribution is -2.42. The van der Waals surface area contributed by atoms with E-state index in [1.165, 1.54) is 24.1 Å². The van der Waals surface area contributed by atoms with Gasteiger partial charge in [0.05, 0.1) is 11.8 Å². The molecule has 0 spiro atoms. The van der Waals surface area contributed by atoms with Gasteiger partial charge in [0.1, 0.15) is 0 Å². The van der Waals surface area contributed by atoms with Gasteiger partial charge in [0.2, 0.25) is 10.0 Å². The Kier molecular flexibility index (Phi) is 10.7. The number of nitrogens with zero attached hydrogens (tertiary/aromatic N) is 2. The van der Waals surface area contributed by atoms with Crippen molar-refractivity contribution in [1.82, 2.24) is 15.4 Å². The SMILES string of the molecule is CN=C(NCCS(=O)(=O)NCc1ccccc1)NC(C)c1cccc(N2CCCC2)c1.I. The highest BCUT2D eigenvalue weighted by atomic mass is 127. The number of sulfonamides is 1. The summed E-state index contributed by atoms with van der Waals surface area (Å²) < 4.78 is 27.2. The number of benzene rings is 2. The van der Waals surface area contributed by atoms with Crippen LogP contribution in [0.4, 0.5) is 5.69 Å². The number of aliphatic imine (C=N–C) groups is 1. The third-order valence-electron chi connectivity index (χ3n) is 5.42. The predicted molar refractivity (Wildman–Crippen MR) is 143 cm³/mol. The smallest absolute Gasteiger partial charge is 0.213 e. The Morgan fingerprint density at radius 2 is 1.81 bits per heavy atom. The maximum Gasteiger partial charge on any atom is 0.213 e. The average Bonchev–Trinajstić information content (AvgIpc) is 3.33. The van der Waals surface area contributed by atoms with Crippen molar-refractivity contribution in [3.8, 4) is 0 Å². The Bertz CT molecular complexity index is 963. The van der Waals surface area contributed by atoms with E-state index in [4.69, 9.17) is 0 Å². The molecule has 3 rings (SSSR count).